The third kappa shape index (κ3) is 4.97. The van der Waals surface area contributed by atoms with E-state index < -0.39 is 15.3 Å². The van der Waals surface area contributed by atoms with E-state index >= 15 is 0 Å². The average molecular weight is 449 g/mol. The van der Waals surface area contributed by atoms with E-state index in [2.05, 4.69) is 25.2 Å². The Morgan fingerprint density at radius 3 is 2.40 bits per heavy atom. The summed E-state index contributed by atoms with van der Waals surface area (Å²) in [5.41, 5.74) is 2.30. The fourth-order valence-electron chi connectivity index (χ4n) is 2.83. The third-order valence-electron chi connectivity index (χ3n) is 4.14. The molecule has 3 aromatic rings. The van der Waals surface area contributed by atoms with Crippen LogP contribution in [0.5, 0.6) is 0 Å². The minimum absolute atomic E-state index is 0.143. The van der Waals surface area contributed by atoms with Crippen LogP contribution in [0.4, 0.5) is 5.69 Å². The molecule has 0 spiro atoms. The van der Waals surface area contributed by atoms with Gasteiger partial charge in [-0.05, 0) is 65.0 Å². The highest BCUT2D eigenvalue weighted by atomic mass is 32.2. The molecule has 2 N–H and O–H groups in total. The first-order chi connectivity index (χ1) is 14.1. The average Bonchev–Trinajstić information content (AvgIpc) is 3.03. The van der Waals surface area contributed by atoms with E-state index in [0.29, 0.717) is 16.6 Å². The summed E-state index contributed by atoms with van der Waals surface area (Å²) >= 11 is 1.27. The summed E-state index contributed by atoms with van der Waals surface area (Å²) in [6.07, 6.45) is 0. The molecule has 1 amide bonds. The second-order valence-electron chi connectivity index (χ2n) is 7.21. The van der Waals surface area contributed by atoms with E-state index in [1.165, 1.54) is 23.9 Å². The van der Waals surface area contributed by atoms with Crippen molar-refractivity contribution in [3.8, 4) is 0 Å². The maximum absolute atomic E-state index is 12.6. The molecule has 0 saturated heterocycles. The molecular formula is C19H24N6O3S2. The highest BCUT2D eigenvalue weighted by molar-refractivity contribution is 8.00. The lowest BCUT2D eigenvalue weighted by Gasteiger charge is -2.13. The van der Waals surface area contributed by atoms with Crippen LogP contribution in [0.15, 0.2) is 40.4 Å². The van der Waals surface area contributed by atoms with Gasteiger partial charge >= 0.3 is 0 Å². The van der Waals surface area contributed by atoms with Crippen LogP contribution < -0.4 is 10.0 Å². The van der Waals surface area contributed by atoms with E-state index in [0.717, 1.165) is 11.4 Å². The van der Waals surface area contributed by atoms with E-state index in [1.54, 1.807) is 32.9 Å². The van der Waals surface area contributed by atoms with Crippen LogP contribution in [0.1, 0.15) is 32.2 Å². The lowest BCUT2D eigenvalue weighted by atomic mass is 10.3. The molecule has 0 aliphatic heterocycles. The van der Waals surface area contributed by atoms with Crippen LogP contribution in [0.2, 0.25) is 0 Å². The van der Waals surface area contributed by atoms with Gasteiger partial charge in [-0.1, -0.05) is 11.8 Å². The van der Waals surface area contributed by atoms with Gasteiger partial charge in [0.1, 0.15) is 0 Å². The molecule has 9 nitrogen and oxygen atoms in total. The molecule has 1 atom stereocenters. The van der Waals surface area contributed by atoms with Crippen molar-refractivity contribution >= 4 is 39.2 Å². The van der Waals surface area contributed by atoms with Crippen molar-refractivity contribution in [1.82, 2.24) is 24.3 Å². The van der Waals surface area contributed by atoms with Gasteiger partial charge in [0.2, 0.25) is 15.9 Å². The molecule has 2 aromatic heterocycles. The summed E-state index contributed by atoms with van der Waals surface area (Å²) in [7, 11) is -3.57. The van der Waals surface area contributed by atoms with Crippen molar-refractivity contribution in [2.75, 3.05) is 5.32 Å². The van der Waals surface area contributed by atoms with Crippen molar-refractivity contribution in [1.29, 1.82) is 0 Å². The van der Waals surface area contributed by atoms with Crippen molar-refractivity contribution in [2.24, 2.45) is 0 Å². The second kappa shape index (κ2) is 8.70. The molecule has 1 aromatic carbocycles. The Labute approximate surface area is 179 Å². The highest BCUT2D eigenvalue weighted by Gasteiger charge is 2.20. The number of anilines is 1. The maximum Gasteiger partial charge on any atom is 0.256 e. The molecular weight excluding hydrogens is 424 g/mol. The number of benzene rings is 1. The van der Waals surface area contributed by atoms with Gasteiger partial charge in [-0.25, -0.2) is 18.1 Å². The van der Waals surface area contributed by atoms with Gasteiger partial charge in [0.05, 0.1) is 10.1 Å². The number of carbonyl (C=O) groups is 1. The fourth-order valence-corrected chi connectivity index (χ4v) is 4.98. The standard InChI is InChI=1S/C19H24N6O3S2/c1-11(2)24-30(27,28)16-8-6-15(7-9-16)21-17(26)14(5)29-19-23-22-18-20-12(3)10-13(4)25(18)19/h6-11,14,24H,1-5H3,(H,21,26)/t14-/m0/s1. The lowest BCUT2D eigenvalue weighted by molar-refractivity contribution is -0.115. The van der Waals surface area contributed by atoms with Gasteiger partial charge in [-0.15, -0.1) is 10.2 Å². The Morgan fingerprint density at radius 1 is 1.10 bits per heavy atom. The summed E-state index contributed by atoms with van der Waals surface area (Å²) in [4.78, 5) is 17.1. The monoisotopic (exact) mass is 448 g/mol. The van der Waals surface area contributed by atoms with Gasteiger partial charge in [0.25, 0.3) is 5.78 Å². The molecule has 0 unspecified atom stereocenters. The van der Waals surface area contributed by atoms with E-state index in [-0.39, 0.29) is 16.8 Å². The third-order valence-corrected chi connectivity index (χ3v) is 6.85. The van der Waals surface area contributed by atoms with Crippen molar-refractivity contribution in [3.63, 3.8) is 0 Å². The molecule has 3 rings (SSSR count). The first-order valence-corrected chi connectivity index (χ1v) is 11.7. The van der Waals surface area contributed by atoms with Gasteiger partial charge in [-0.3, -0.25) is 9.20 Å². The van der Waals surface area contributed by atoms with Gasteiger partial charge in [0.15, 0.2) is 5.16 Å². The Hall–Kier alpha value is -2.50. The highest BCUT2D eigenvalue weighted by Crippen LogP contribution is 2.24. The number of nitrogens with one attached hydrogen (secondary N) is 2. The van der Waals surface area contributed by atoms with Crippen LogP contribution in [0.25, 0.3) is 5.78 Å². The number of hydrogen-bond acceptors (Lipinski definition) is 7. The quantitative estimate of drug-likeness (QED) is 0.533. The van der Waals surface area contributed by atoms with Gasteiger partial charge in [-0.2, -0.15) is 0 Å². The largest absolute Gasteiger partial charge is 0.325 e. The molecule has 0 aliphatic rings. The minimum Gasteiger partial charge on any atom is -0.325 e. The fraction of sp³-hybridized carbons (Fsp3) is 0.368. The Kier molecular flexibility index (Phi) is 6.44. The summed E-state index contributed by atoms with van der Waals surface area (Å²) < 4.78 is 28.7. The molecule has 0 aliphatic carbocycles. The topological polar surface area (TPSA) is 118 Å². The lowest BCUT2D eigenvalue weighted by Crippen LogP contribution is -2.30. The minimum atomic E-state index is -3.57. The molecule has 160 valence electrons. The van der Waals surface area contributed by atoms with Crippen LogP contribution in [0, 0.1) is 13.8 Å². The molecule has 11 heteroatoms. The van der Waals surface area contributed by atoms with Gasteiger partial charge < -0.3 is 5.32 Å². The smallest absolute Gasteiger partial charge is 0.256 e. The number of rotatable bonds is 7. The molecule has 0 saturated carbocycles. The van der Waals surface area contributed by atoms with Crippen molar-refractivity contribution in [2.45, 2.75) is 56.0 Å². The van der Waals surface area contributed by atoms with E-state index in [4.69, 9.17) is 0 Å². The summed E-state index contributed by atoms with van der Waals surface area (Å²) in [6.45, 7) is 9.10. The molecule has 0 fully saturated rings. The summed E-state index contributed by atoms with van der Waals surface area (Å²) in [5, 5.41) is 11.1. The first-order valence-electron chi connectivity index (χ1n) is 9.36. The summed E-state index contributed by atoms with van der Waals surface area (Å²) in [6, 6.07) is 7.77. The number of aromatic nitrogens is 4. The number of hydrogen-bond donors (Lipinski definition) is 2. The van der Waals surface area contributed by atoms with Crippen LogP contribution >= 0.6 is 11.8 Å². The Morgan fingerprint density at radius 2 is 1.77 bits per heavy atom. The van der Waals surface area contributed by atoms with Crippen LogP contribution in [-0.2, 0) is 14.8 Å². The number of amides is 1. The number of thioether (sulfide) groups is 1. The Bertz CT molecular complexity index is 1170. The molecule has 2 heterocycles. The zero-order chi connectivity index (χ0) is 22.1. The van der Waals surface area contributed by atoms with Crippen molar-refractivity contribution < 1.29 is 13.2 Å². The summed E-state index contributed by atoms with van der Waals surface area (Å²) in [5.74, 6) is 0.264. The van der Waals surface area contributed by atoms with E-state index in [9.17, 15) is 13.2 Å². The SMILES string of the molecule is Cc1cc(C)n2c(S[C@@H](C)C(=O)Nc3ccc(S(=O)(=O)NC(C)C)cc3)nnc2n1. The Balaban J connectivity index is 1.69. The normalized spacial score (nSPS) is 13.0. The van der Waals surface area contributed by atoms with Gasteiger partial charge in [0, 0.05) is 23.1 Å². The molecule has 0 radical (unpaired) electrons. The number of aryl methyl sites for hydroxylation is 2. The molecule has 0 bridgehead atoms. The van der Waals surface area contributed by atoms with Crippen LogP contribution in [-0.4, -0.2) is 45.2 Å². The zero-order valence-corrected chi connectivity index (χ0v) is 19.0. The number of sulfonamides is 1. The van der Waals surface area contributed by atoms with Crippen LogP contribution in [0.3, 0.4) is 0 Å². The number of nitrogens with zero attached hydrogens (tertiary/aromatic N) is 4. The maximum atomic E-state index is 12.6. The van der Waals surface area contributed by atoms with E-state index in [1.807, 2.05) is 24.3 Å². The number of fused-ring (bicyclic) bond motifs is 1. The zero-order valence-electron chi connectivity index (χ0n) is 17.4. The second-order valence-corrected chi connectivity index (χ2v) is 10.2. The predicted molar refractivity (Wildman–Crippen MR) is 116 cm³/mol. The number of carbonyl (C=O) groups excluding carboxylic acids is 1. The molecule has 30 heavy (non-hydrogen) atoms. The predicted octanol–water partition coefficient (Wildman–Crippen LogP) is 2.55. The first kappa shape index (κ1) is 22.2. The van der Waals surface area contributed by atoms with Crippen molar-refractivity contribution in [3.05, 3.63) is 41.7 Å².